The Balaban J connectivity index is 1.46. The number of aromatic nitrogens is 4. The van der Waals surface area contributed by atoms with Crippen molar-refractivity contribution in [3.63, 3.8) is 0 Å². The summed E-state index contributed by atoms with van der Waals surface area (Å²) in [5, 5.41) is 15.8. The van der Waals surface area contributed by atoms with E-state index in [2.05, 4.69) is 26.9 Å². The molecule has 0 bridgehead atoms. The molecule has 0 spiro atoms. The van der Waals surface area contributed by atoms with Crippen LogP contribution in [-0.4, -0.2) is 50.5 Å². The van der Waals surface area contributed by atoms with Crippen LogP contribution in [0.3, 0.4) is 0 Å². The molecule has 5 rings (SSSR count). The van der Waals surface area contributed by atoms with Crippen LogP contribution < -0.4 is 5.32 Å². The second-order valence-electron chi connectivity index (χ2n) is 7.57. The standard InChI is InChI=1S/C23H20N6O2/c1-28-13-16-12-15(6-7-18(16)23(28)31)17-8-9-21(20-5-3-2-4-19(17)20)22(30)24-10-11-29-14-25-26-27-29/h2-9,12,14H,10-11,13H2,1H3,(H,24,30). The molecule has 2 amide bonds. The summed E-state index contributed by atoms with van der Waals surface area (Å²) in [5.41, 5.74) is 4.47. The summed E-state index contributed by atoms with van der Waals surface area (Å²) in [7, 11) is 1.81. The summed E-state index contributed by atoms with van der Waals surface area (Å²) in [4.78, 5) is 26.8. The van der Waals surface area contributed by atoms with Crippen molar-refractivity contribution in [3.05, 3.63) is 77.6 Å². The van der Waals surface area contributed by atoms with Gasteiger partial charge in [-0.15, -0.1) is 5.10 Å². The van der Waals surface area contributed by atoms with Gasteiger partial charge in [0.1, 0.15) is 6.33 Å². The van der Waals surface area contributed by atoms with Crippen LogP contribution in [0.2, 0.25) is 0 Å². The van der Waals surface area contributed by atoms with Crippen molar-refractivity contribution in [1.82, 2.24) is 30.4 Å². The van der Waals surface area contributed by atoms with Crippen molar-refractivity contribution >= 4 is 22.6 Å². The third-order valence-electron chi connectivity index (χ3n) is 5.59. The van der Waals surface area contributed by atoms with Crippen LogP contribution in [0.4, 0.5) is 0 Å². The Morgan fingerprint density at radius 2 is 1.87 bits per heavy atom. The molecular weight excluding hydrogens is 392 g/mol. The molecule has 154 valence electrons. The van der Waals surface area contributed by atoms with E-state index in [9.17, 15) is 9.59 Å². The maximum atomic E-state index is 12.8. The third kappa shape index (κ3) is 3.42. The molecule has 0 fully saturated rings. The minimum atomic E-state index is -0.142. The number of hydrogen-bond acceptors (Lipinski definition) is 5. The number of carbonyl (C=O) groups is 2. The van der Waals surface area contributed by atoms with Gasteiger partial charge in [-0.1, -0.05) is 36.4 Å². The molecule has 1 N–H and O–H groups in total. The summed E-state index contributed by atoms with van der Waals surface area (Å²) in [6.45, 7) is 1.53. The average Bonchev–Trinajstić information content (AvgIpc) is 3.40. The highest BCUT2D eigenvalue weighted by Gasteiger charge is 2.24. The number of carbonyl (C=O) groups excluding carboxylic acids is 2. The van der Waals surface area contributed by atoms with Gasteiger partial charge in [-0.05, 0) is 56.1 Å². The van der Waals surface area contributed by atoms with E-state index in [0.29, 0.717) is 25.2 Å². The molecule has 2 heterocycles. The Labute approximate surface area is 178 Å². The van der Waals surface area contributed by atoms with E-state index in [0.717, 1.165) is 33.0 Å². The maximum absolute atomic E-state index is 12.8. The van der Waals surface area contributed by atoms with Gasteiger partial charge < -0.3 is 10.2 Å². The molecule has 3 aromatic carbocycles. The minimum absolute atomic E-state index is 0.0556. The van der Waals surface area contributed by atoms with E-state index < -0.39 is 0 Å². The van der Waals surface area contributed by atoms with Crippen LogP contribution in [0.25, 0.3) is 21.9 Å². The Morgan fingerprint density at radius 3 is 2.68 bits per heavy atom. The molecule has 1 aromatic heterocycles. The number of tetrazole rings is 1. The average molecular weight is 412 g/mol. The van der Waals surface area contributed by atoms with E-state index in [1.54, 1.807) is 9.58 Å². The second kappa shape index (κ2) is 7.64. The molecule has 1 aliphatic heterocycles. The number of rotatable bonds is 5. The van der Waals surface area contributed by atoms with Gasteiger partial charge in [-0.3, -0.25) is 9.59 Å². The van der Waals surface area contributed by atoms with Gasteiger partial charge in [0.05, 0.1) is 6.54 Å². The normalized spacial score (nSPS) is 12.9. The fourth-order valence-corrected chi connectivity index (χ4v) is 4.04. The molecule has 0 atom stereocenters. The van der Waals surface area contributed by atoms with E-state index >= 15 is 0 Å². The summed E-state index contributed by atoms with van der Waals surface area (Å²) >= 11 is 0. The Kier molecular flexibility index (Phi) is 4.66. The Hall–Kier alpha value is -4.07. The molecule has 0 radical (unpaired) electrons. The zero-order valence-electron chi connectivity index (χ0n) is 16.9. The quantitative estimate of drug-likeness (QED) is 0.544. The van der Waals surface area contributed by atoms with E-state index in [-0.39, 0.29) is 11.8 Å². The number of amides is 2. The van der Waals surface area contributed by atoms with Crippen molar-refractivity contribution < 1.29 is 9.59 Å². The molecule has 0 saturated carbocycles. The number of benzene rings is 3. The van der Waals surface area contributed by atoms with Crippen LogP contribution >= 0.6 is 0 Å². The Morgan fingerprint density at radius 1 is 1.06 bits per heavy atom. The van der Waals surface area contributed by atoms with E-state index in [1.165, 1.54) is 6.33 Å². The van der Waals surface area contributed by atoms with Gasteiger partial charge in [0.2, 0.25) is 0 Å². The maximum Gasteiger partial charge on any atom is 0.254 e. The first-order valence-corrected chi connectivity index (χ1v) is 10.0. The monoisotopic (exact) mass is 412 g/mol. The van der Waals surface area contributed by atoms with Crippen molar-refractivity contribution in [3.8, 4) is 11.1 Å². The first-order chi connectivity index (χ1) is 15.1. The van der Waals surface area contributed by atoms with Gasteiger partial charge in [-0.25, -0.2) is 4.68 Å². The number of nitrogens with zero attached hydrogens (tertiary/aromatic N) is 5. The lowest BCUT2D eigenvalue weighted by Crippen LogP contribution is -2.27. The van der Waals surface area contributed by atoms with E-state index in [1.807, 2.05) is 55.6 Å². The molecule has 31 heavy (non-hydrogen) atoms. The van der Waals surface area contributed by atoms with E-state index in [4.69, 9.17) is 0 Å². The first-order valence-electron chi connectivity index (χ1n) is 10.0. The summed E-state index contributed by atoms with van der Waals surface area (Å²) < 4.78 is 1.57. The molecule has 0 unspecified atom stereocenters. The predicted octanol–water partition coefficient (Wildman–Crippen LogP) is 2.51. The third-order valence-corrected chi connectivity index (χ3v) is 5.59. The highest BCUT2D eigenvalue weighted by molar-refractivity contribution is 6.11. The van der Waals surface area contributed by atoms with Crippen molar-refractivity contribution in [1.29, 1.82) is 0 Å². The molecule has 4 aromatic rings. The minimum Gasteiger partial charge on any atom is -0.350 e. The largest absolute Gasteiger partial charge is 0.350 e. The van der Waals surface area contributed by atoms with Crippen LogP contribution in [0.1, 0.15) is 26.3 Å². The van der Waals surface area contributed by atoms with Gasteiger partial charge in [-0.2, -0.15) is 0 Å². The lowest BCUT2D eigenvalue weighted by atomic mass is 9.93. The zero-order chi connectivity index (χ0) is 21.4. The highest BCUT2D eigenvalue weighted by atomic mass is 16.2. The Bertz CT molecular complexity index is 1300. The van der Waals surface area contributed by atoms with Gasteiger partial charge >= 0.3 is 0 Å². The van der Waals surface area contributed by atoms with Gasteiger partial charge in [0.25, 0.3) is 11.8 Å². The second-order valence-corrected chi connectivity index (χ2v) is 7.57. The van der Waals surface area contributed by atoms with Crippen molar-refractivity contribution in [2.75, 3.05) is 13.6 Å². The summed E-state index contributed by atoms with van der Waals surface area (Å²) in [6, 6.07) is 17.6. The SMILES string of the molecule is CN1Cc2cc(-c3ccc(C(=O)NCCn4cnnn4)c4ccccc34)ccc2C1=O. The van der Waals surface area contributed by atoms with Gasteiger partial charge in [0.15, 0.2) is 0 Å². The van der Waals surface area contributed by atoms with Crippen LogP contribution in [0.15, 0.2) is 60.9 Å². The highest BCUT2D eigenvalue weighted by Crippen LogP contribution is 2.33. The molecular formula is C23H20N6O2. The van der Waals surface area contributed by atoms with Crippen molar-refractivity contribution in [2.24, 2.45) is 0 Å². The first kappa shape index (κ1) is 18.9. The van der Waals surface area contributed by atoms with Crippen LogP contribution in [0.5, 0.6) is 0 Å². The number of nitrogens with one attached hydrogen (secondary N) is 1. The lowest BCUT2D eigenvalue weighted by Gasteiger charge is -2.13. The molecule has 8 nitrogen and oxygen atoms in total. The smallest absolute Gasteiger partial charge is 0.254 e. The summed E-state index contributed by atoms with van der Waals surface area (Å²) in [6.07, 6.45) is 1.51. The number of fused-ring (bicyclic) bond motifs is 2. The molecule has 0 saturated heterocycles. The van der Waals surface area contributed by atoms with Gasteiger partial charge in [0, 0.05) is 31.3 Å². The molecule has 8 heteroatoms. The zero-order valence-corrected chi connectivity index (χ0v) is 16.9. The van der Waals surface area contributed by atoms with Crippen LogP contribution in [-0.2, 0) is 13.1 Å². The predicted molar refractivity (Wildman–Crippen MR) is 115 cm³/mol. The topological polar surface area (TPSA) is 93.0 Å². The summed E-state index contributed by atoms with van der Waals surface area (Å²) in [5.74, 6) is -0.0860. The fraction of sp³-hybridized carbons (Fsp3) is 0.174. The van der Waals surface area contributed by atoms with Crippen LogP contribution in [0, 0.1) is 0 Å². The molecule has 0 aliphatic carbocycles. The molecule has 1 aliphatic rings. The number of hydrogen-bond donors (Lipinski definition) is 1. The van der Waals surface area contributed by atoms with Crippen molar-refractivity contribution in [2.45, 2.75) is 13.1 Å². The fourth-order valence-electron chi connectivity index (χ4n) is 4.04. The lowest BCUT2D eigenvalue weighted by molar-refractivity contribution is 0.0816.